The first kappa shape index (κ1) is 22.5. The van der Waals surface area contributed by atoms with Crippen LogP contribution in [0.4, 0.5) is 0 Å². The van der Waals surface area contributed by atoms with Gasteiger partial charge in [0.1, 0.15) is 0 Å². The van der Waals surface area contributed by atoms with Gasteiger partial charge >= 0.3 is 0 Å². The second kappa shape index (κ2) is 10.2. The van der Waals surface area contributed by atoms with Crippen molar-refractivity contribution in [2.75, 3.05) is 21.3 Å². The molecule has 0 bridgehead atoms. The van der Waals surface area contributed by atoms with Crippen molar-refractivity contribution in [2.45, 2.75) is 6.17 Å². The Kier molecular flexibility index (Phi) is 7.17. The third kappa shape index (κ3) is 4.75. The highest BCUT2D eigenvalue weighted by Crippen LogP contribution is 2.36. The van der Waals surface area contributed by atoms with Crippen LogP contribution in [0.1, 0.15) is 22.9 Å². The van der Waals surface area contributed by atoms with Crippen LogP contribution in [0, 0.1) is 0 Å². The fourth-order valence-electron chi connectivity index (χ4n) is 3.03. The molecule has 0 heterocycles. The van der Waals surface area contributed by atoms with E-state index in [9.17, 15) is 15.3 Å². The van der Waals surface area contributed by atoms with E-state index < -0.39 is 6.17 Å². The Labute approximate surface area is 185 Å². The van der Waals surface area contributed by atoms with E-state index in [0.29, 0.717) is 28.2 Å². The Bertz CT molecular complexity index is 1080. The number of methoxy groups -OCH3 is 3. The minimum atomic E-state index is -0.902. The first-order valence-corrected chi connectivity index (χ1v) is 9.64. The van der Waals surface area contributed by atoms with Crippen molar-refractivity contribution in [3.05, 3.63) is 71.3 Å². The molecule has 1 atom stereocenters. The van der Waals surface area contributed by atoms with E-state index in [2.05, 4.69) is 9.98 Å². The minimum Gasteiger partial charge on any atom is -0.504 e. The predicted octanol–water partition coefficient (Wildman–Crippen LogP) is 4.07. The first-order valence-electron chi connectivity index (χ1n) is 9.64. The van der Waals surface area contributed by atoms with Crippen molar-refractivity contribution in [1.29, 1.82) is 0 Å². The molecule has 0 radical (unpaired) electrons. The maximum Gasteiger partial charge on any atom is 0.168 e. The van der Waals surface area contributed by atoms with E-state index in [-0.39, 0.29) is 23.0 Å². The molecule has 3 N–H and O–H groups in total. The van der Waals surface area contributed by atoms with Crippen LogP contribution in [-0.2, 0) is 0 Å². The lowest BCUT2D eigenvalue weighted by atomic mass is 10.1. The second-order valence-electron chi connectivity index (χ2n) is 6.62. The molecular formula is C24H24N2O6. The summed E-state index contributed by atoms with van der Waals surface area (Å²) in [7, 11) is 4.36. The van der Waals surface area contributed by atoms with E-state index in [1.165, 1.54) is 33.8 Å². The number of ether oxygens (including phenoxy) is 3. The highest BCUT2D eigenvalue weighted by Gasteiger charge is 2.17. The molecule has 0 aliphatic carbocycles. The standard InChI is InChI=1S/C24H24N2O6/c1-30-18-10-4-7-15(21(18)27)13-25-24(17-9-6-12-20(32-3)23(17)29)26-14-16-8-5-11-19(31-2)22(16)28/h4-14,24,27-29H,1-3H3/b25-13+,26-14?. The Morgan fingerprint density at radius 3 is 1.47 bits per heavy atom. The molecule has 32 heavy (non-hydrogen) atoms. The molecule has 3 aromatic carbocycles. The number of benzene rings is 3. The lowest BCUT2D eigenvalue weighted by molar-refractivity contribution is 0.369. The fourth-order valence-corrected chi connectivity index (χ4v) is 3.03. The average Bonchev–Trinajstić information content (AvgIpc) is 2.81. The normalized spacial score (nSPS) is 12.2. The number of phenols is 3. The Balaban J connectivity index is 2.05. The smallest absolute Gasteiger partial charge is 0.168 e. The van der Waals surface area contributed by atoms with Gasteiger partial charge in [-0.3, -0.25) is 9.98 Å². The summed E-state index contributed by atoms with van der Waals surface area (Å²) in [4.78, 5) is 8.91. The van der Waals surface area contributed by atoms with E-state index in [4.69, 9.17) is 14.2 Å². The number of nitrogens with zero attached hydrogens (tertiary/aromatic N) is 2. The van der Waals surface area contributed by atoms with Gasteiger partial charge < -0.3 is 29.5 Å². The number of aromatic hydroxyl groups is 3. The van der Waals surface area contributed by atoms with Crippen molar-refractivity contribution in [3.63, 3.8) is 0 Å². The number of phenolic OH excluding ortho intramolecular Hbond substituents is 3. The van der Waals surface area contributed by atoms with E-state index in [0.717, 1.165) is 0 Å². The summed E-state index contributed by atoms with van der Waals surface area (Å²) in [6.07, 6.45) is 1.97. The molecule has 8 nitrogen and oxygen atoms in total. The van der Waals surface area contributed by atoms with Crippen LogP contribution in [0.3, 0.4) is 0 Å². The van der Waals surface area contributed by atoms with E-state index in [1.807, 2.05) is 0 Å². The molecule has 1 unspecified atom stereocenters. The monoisotopic (exact) mass is 436 g/mol. The number of rotatable bonds is 8. The van der Waals surface area contributed by atoms with Gasteiger partial charge in [0.05, 0.1) is 21.3 Å². The fraction of sp³-hybridized carbons (Fsp3) is 0.167. The van der Waals surface area contributed by atoms with Crippen LogP contribution >= 0.6 is 0 Å². The molecule has 3 aromatic rings. The minimum absolute atomic E-state index is 0.0678. The van der Waals surface area contributed by atoms with Crippen molar-refractivity contribution in [1.82, 2.24) is 0 Å². The van der Waals surface area contributed by atoms with Gasteiger partial charge in [-0.05, 0) is 30.3 Å². The van der Waals surface area contributed by atoms with Crippen molar-refractivity contribution >= 4 is 12.4 Å². The second-order valence-corrected chi connectivity index (χ2v) is 6.62. The van der Waals surface area contributed by atoms with E-state index in [1.54, 1.807) is 54.6 Å². The molecule has 0 saturated carbocycles. The molecule has 0 aliphatic heterocycles. The summed E-state index contributed by atoms with van der Waals surface area (Å²) in [5, 5.41) is 31.3. The van der Waals surface area contributed by atoms with Crippen molar-refractivity contribution < 1.29 is 29.5 Å². The van der Waals surface area contributed by atoms with E-state index >= 15 is 0 Å². The van der Waals surface area contributed by atoms with Gasteiger partial charge in [0.25, 0.3) is 0 Å². The Hall–Kier alpha value is -4.20. The van der Waals surface area contributed by atoms with Crippen molar-refractivity contribution in [2.24, 2.45) is 9.98 Å². The van der Waals surface area contributed by atoms with Gasteiger partial charge in [-0.1, -0.05) is 24.3 Å². The van der Waals surface area contributed by atoms with Crippen LogP contribution in [-0.4, -0.2) is 49.1 Å². The summed E-state index contributed by atoms with van der Waals surface area (Å²) in [5.74, 6) is 0.632. The Morgan fingerprint density at radius 2 is 1.03 bits per heavy atom. The van der Waals surface area contributed by atoms with Crippen molar-refractivity contribution in [3.8, 4) is 34.5 Å². The molecule has 0 aliphatic rings. The quantitative estimate of drug-likeness (QED) is 0.459. The number of hydrogen-bond donors (Lipinski definition) is 3. The van der Waals surface area contributed by atoms with Gasteiger partial charge in [-0.25, -0.2) is 0 Å². The molecule has 0 fully saturated rings. The summed E-state index contributed by atoms with van der Waals surface area (Å²) < 4.78 is 15.5. The third-order valence-electron chi connectivity index (χ3n) is 4.74. The van der Waals surface area contributed by atoms with Gasteiger partial charge in [-0.2, -0.15) is 0 Å². The summed E-state index contributed by atoms with van der Waals surface area (Å²) in [6, 6.07) is 15.0. The largest absolute Gasteiger partial charge is 0.504 e. The van der Waals surface area contributed by atoms with Crippen LogP contribution in [0.25, 0.3) is 0 Å². The molecule has 0 aromatic heterocycles. The highest BCUT2D eigenvalue weighted by molar-refractivity contribution is 5.86. The topological polar surface area (TPSA) is 113 Å². The lowest BCUT2D eigenvalue weighted by Crippen LogP contribution is -1.98. The number of para-hydroxylation sites is 3. The number of aliphatic imine (C=N–C) groups is 2. The van der Waals surface area contributed by atoms with Gasteiger partial charge in [-0.15, -0.1) is 0 Å². The average molecular weight is 436 g/mol. The number of hydrogen-bond acceptors (Lipinski definition) is 8. The van der Waals surface area contributed by atoms with Gasteiger partial charge in [0, 0.05) is 29.1 Å². The molecule has 0 saturated heterocycles. The first-order chi connectivity index (χ1) is 15.5. The van der Waals surface area contributed by atoms with Crippen LogP contribution in [0.5, 0.6) is 34.5 Å². The molecular weight excluding hydrogens is 412 g/mol. The molecule has 0 spiro atoms. The zero-order valence-electron chi connectivity index (χ0n) is 17.9. The lowest BCUT2D eigenvalue weighted by Gasteiger charge is -2.13. The third-order valence-corrected chi connectivity index (χ3v) is 4.74. The molecule has 166 valence electrons. The maximum absolute atomic E-state index is 10.6. The summed E-state index contributed by atoms with van der Waals surface area (Å²) in [5.41, 5.74) is 1.20. The zero-order valence-corrected chi connectivity index (χ0v) is 17.9. The maximum atomic E-state index is 10.6. The summed E-state index contributed by atoms with van der Waals surface area (Å²) in [6.45, 7) is 0. The SMILES string of the molecule is COc1cccc(C=NC(/N=C/c2cccc(OC)c2O)c2cccc(OC)c2O)c1O. The van der Waals surface area contributed by atoms with Crippen LogP contribution in [0.15, 0.2) is 64.6 Å². The molecule has 8 heteroatoms. The van der Waals surface area contributed by atoms with Gasteiger partial charge in [0.15, 0.2) is 40.7 Å². The molecule has 3 rings (SSSR count). The highest BCUT2D eigenvalue weighted by atomic mass is 16.5. The molecule has 0 amide bonds. The predicted molar refractivity (Wildman–Crippen MR) is 122 cm³/mol. The zero-order chi connectivity index (χ0) is 23.1. The van der Waals surface area contributed by atoms with Crippen LogP contribution in [0.2, 0.25) is 0 Å². The summed E-state index contributed by atoms with van der Waals surface area (Å²) >= 11 is 0. The van der Waals surface area contributed by atoms with Gasteiger partial charge in [0.2, 0.25) is 0 Å². The Morgan fingerprint density at radius 1 is 0.625 bits per heavy atom. The van der Waals surface area contributed by atoms with Crippen LogP contribution < -0.4 is 14.2 Å².